The van der Waals surface area contributed by atoms with E-state index in [1.54, 1.807) is 60.1 Å². The molecular weight excluding hydrogens is 498 g/mol. The van der Waals surface area contributed by atoms with Crippen LogP contribution in [-0.4, -0.2) is 23.1 Å². The van der Waals surface area contributed by atoms with E-state index < -0.39 is 23.3 Å². The highest BCUT2D eigenvalue weighted by atomic mass is 32.2. The van der Waals surface area contributed by atoms with Gasteiger partial charge in [-0.25, -0.2) is 9.59 Å². The largest absolute Gasteiger partial charge is 0.452 e. The van der Waals surface area contributed by atoms with Crippen LogP contribution in [0.2, 0.25) is 0 Å². The number of esters is 2. The maximum Gasteiger partial charge on any atom is 0.343 e. The Morgan fingerprint density at radius 1 is 0.816 bits per heavy atom. The highest BCUT2D eigenvalue weighted by molar-refractivity contribution is 8.03. The molecule has 0 saturated carbocycles. The first kappa shape index (κ1) is 27.2. The second-order valence-corrected chi connectivity index (χ2v) is 10.7. The van der Waals surface area contributed by atoms with Crippen LogP contribution in [0.4, 0.5) is 0 Å². The third-order valence-electron chi connectivity index (χ3n) is 6.24. The van der Waals surface area contributed by atoms with Gasteiger partial charge in [-0.1, -0.05) is 64.1 Å². The van der Waals surface area contributed by atoms with Crippen LogP contribution in [0.15, 0.2) is 84.4 Å². The highest BCUT2D eigenvalue weighted by Gasteiger charge is 2.36. The zero-order valence-electron chi connectivity index (χ0n) is 21.8. The zero-order chi connectivity index (χ0) is 27.2. The molecule has 0 saturated heterocycles. The summed E-state index contributed by atoms with van der Waals surface area (Å²) < 4.78 is 12.0. The molecule has 196 valence electrons. The highest BCUT2D eigenvalue weighted by Crippen LogP contribution is 2.41. The summed E-state index contributed by atoms with van der Waals surface area (Å²) in [6, 6.07) is 21.3. The molecule has 0 aromatic heterocycles. The maximum absolute atomic E-state index is 13.1. The Balaban J connectivity index is 1.80. The van der Waals surface area contributed by atoms with Gasteiger partial charge in [0.15, 0.2) is 0 Å². The second-order valence-electron chi connectivity index (χ2n) is 9.65. The average molecular weight is 530 g/mol. The lowest BCUT2D eigenvalue weighted by Gasteiger charge is -2.29. The monoisotopic (exact) mass is 529 g/mol. The van der Waals surface area contributed by atoms with Crippen LogP contribution in [0, 0.1) is 0 Å². The number of benzene rings is 3. The Bertz CT molecular complexity index is 1310. The van der Waals surface area contributed by atoms with Gasteiger partial charge in [0.2, 0.25) is 5.91 Å². The minimum atomic E-state index is -0.869. The topological polar surface area (TPSA) is 81.7 Å². The normalized spacial score (nSPS) is 15.7. The van der Waals surface area contributed by atoms with Crippen molar-refractivity contribution in [2.24, 2.45) is 0 Å². The third kappa shape index (κ3) is 6.17. The molecule has 0 fully saturated rings. The van der Waals surface area contributed by atoms with E-state index >= 15 is 0 Å². The molecule has 0 aliphatic carbocycles. The van der Waals surface area contributed by atoms with E-state index in [1.807, 2.05) is 52.0 Å². The Labute approximate surface area is 227 Å². The van der Waals surface area contributed by atoms with Crippen LogP contribution in [0.3, 0.4) is 0 Å². The summed E-state index contributed by atoms with van der Waals surface area (Å²) in [5, 5.41) is 3.81. The van der Waals surface area contributed by atoms with Crippen LogP contribution < -0.4 is 10.1 Å². The van der Waals surface area contributed by atoms with Crippen molar-refractivity contribution in [3.05, 3.63) is 112 Å². The summed E-state index contributed by atoms with van der Waals surface area (Å²) in [7, 11) is 0. The second kappa shape index (κ2) is 12.1. The van der Waals surface area contributed by atoms with Gasteiger partial charge in [-0.3, -0.25) is 4.79 Å². The fraction of sp³-hybridized carbons (Fsp3) is 0.258. The van der Waals surface area contributed by atoms with E-state index in [0.717, 1.165) is 11.1 Å². The lowest BCUT2D eigenvalue weighted by atomic mass is 9.89. The summed E-state index contributed by atoms with van der Waals surface area (Å²) in [6.45, 7) is 8.05. The lowest BCUT2D eigenvalue weighted by Crippen LogP contribution is -2.37. The van der Waals surface area contributed by atoms with Crippen molar-refractivity contribution in [1.82, 2.24) is 5.32 Å². The van der Waals surface area contributed by atoms with Gasteiger partial charge >= 0.3 is 11.9 Å². The van der Waals surface area contributed by atoms with Gasteiger partial charge < -0.3 is 14.8 Å². The zero-order valence-corrected chi connectivity index (χ0v) is 22.7. The quantitative estimate of drug-likeness (QED) is 0.257. The van der Waals surface area contributed by atoms with Crippen LogP contribution in [0.5, 0.6) is 5.75 Å². The van der Waals surface area contributed by atoms with Gasteiger partial charge in [-0.05, 0) is 70.3 Å². The van der Waals surface area contributed by atoms with Gasteiger partial charge in [-0.2, -0.15) is 0 Å². The van der Waals surface area contributed by atoms with Crippen LogP contribution in [0.25, 0.3) is 0 Å². The molecule has 2 unspecified atom stereocenters. The molecule has 6 nitrogen and oxygen atoms in total. The van der Waals surface area contributed by atoms with Gasteiger partial charge in [0.05, 0.1) is 11.1 Å². The van der Waals surface area contributed by atoms with Crippen molar-refractivity contribution < 1.29 is 23.9 Å². The molecule has 3 aromatic rings. The van der Waals surface area contributed by atoms with Crippen LogP contribution in [-0.2, 0) is 9.53 Å². The van der Waals surface area contributed by atoms with Crippen molar-refractivity contribution in [3.8, 4) is 5.75 Å². The molecule has 0 radical (unpaired) electrons. The average Bonchev–Trinajstić information content (AvgIpc) is 2.93. The molecule has 0 bridgehead atoms. The smallest absolute Gasteiger partial charge is 0.343 e. The molecule has 1 aliphatic rings. The number of nitrogens with one attached hydrogen (secondary N) is 1. The molecule has 4 rings (SSSR count). The summed E-state index contributed by atoms with van der Waals surface area (Å²) in [5.74, 6) is -0.730. The van der Waals surface area contributed by atoms with Crippen molar-refractivity contribution >= 4 is 29.6 Å². The van der Waals surface area contributed by atoms with E-state index in [-0.39, 0.29) is 17.7 Å². The first-order valence-corrected chi connectivity index (χ1v) is 13.5. The molecule has 1 N–H and O–H groups in total. The number of carbonyl (C=O) groups is 3. The number of carbonyl (C=O) groups excluding carboxylic acids is 3. The summed E-state index contributed by atoms with van der Waals surface area (Å²) in [5.41, 5.74) is 3.12. The van der Waals surface area contributed by atoms with Gasteiger partial charge in [0.25, 0.3) is 0 Å². The van der Waals surface area contributed by atoms with Gasteiger partial charge in [0, 0.05) is 6.20 Å². The number of rotatable bonds is 8. The van der Waals surface area contributed by atoms with Gasteiger partial charge in [-0.15, -0.1) is 11.8 Å². The van der Waals surface area contributed by atoms with E-state index in [1.165, 1.54) is 11.8 Å². The minimum Gasteiger partial charge on any atom is -0.452 e. The number of amides is 1. The van der Waals surface area contributed by atoms with E-state index in [0.29, 0.717) is 22.4 Å². The van der Waals surface area contributed by atoms with Crippen molar-refractivity contribution in [3.63, 3.8) is 0 Å². The molecule has 7 heteroatoms. The standard InChI is InChI=1S/C31H31NO5S/c1-19(2)24-17-23(18-25(20(3)4)27(24)37-31(35)22-13-9-6-10-14-22)26(28-29(33)32-15-16-38-28)36-30(34)21-11-7-5-8-12-21/h5-20,26,28H,1-4H3,(H,32,33). The van der Waals surface area contributed by atoms with Crippen molar-refractivity contribution in [2.45, 2.75) is 50.9 Å². The van der Waals surface area contributed by atoms with Crippen molar-refractivity contribution in [2.75, 3.05) is 0 Å². The summed E-state index contributed by atoms with van der Waals surface area (Å²) in [4.78, 5) is 39.0. The van der Waals surface area contributed by atoms with Gasteiger partial charge in [0.1, 0.15) is 17.1 Å². The van der Waals surface area contributed by atoms with E-state index in [4.69, 9.17) is 9.47 Å². The first-order valence-electron chi connectivity index (χ1n) is 12.6. The lowest BCUT2D eigenvalue weighted by molar-refractivity contribution is -0.121. The SMILES string of the molecule is CC(C)c1cc(C(OC(=O)c2ccccc2)C2SC=CNC2=O)cc(C(C)C)c1OC(=O)c1ccccc1. The Hall–Kier alpha value is -3.84. The number of ether oxygens (including phenoxy) is 2. The number of hydrogen-bond acceptors (Lipinski definition) is 6. The fourth-order valence-corrected chi connectivity index (χ4v) is 5.08. The van der Waals surface area contributed by atoms with Crippen LogP contribution in [0.1, 0.15) is 83.0 Å². The number of thioether (sulfide) groups is 1. The van der Waals surface area contributed by atoms with Crippen molar-refractivity contribution in [1.29, 1.82) is 0 Å². The number of hydrogen-bond donors (Lipinski definition) is 1. The molecule has 1 heterocycles. The first-order chi connectivity index (χ1) is 18.3. The maximum atomic E-state index is 13.1. The van der Waals surface area contributed by atoms with E-state index in [9.17, 15) is 14.4 Å². The van der Waals surface area contributed by atoms with Crippen LogP contribution >= 0.6 is 11.8 Å². The molecule has 0 spiro atoms. The molecule has 38 heavy (non-hydrogen) atoms. The van der Waals surface area contributed by atoms with E-state index in [2.05, 4.69) is 5.32 Å². The Morgan fingerprint density at radius 3 is 1.84 bits per heavy atom. The third-order valence-corrected chi connectivity index (χ3v) is 7.29. The molecule has 2 atom stereocenters. The molecule has 3 aromatic carbocycles. The molecular formula is C31H31NO5S. The molecule has 1 amide bonds. The fourth-order valence-electron chi connectivity index (χ4n) is 4.22. The summed E-state index contributed by atoms with van der Waals surface area (Å²) in [6.07, 6.45) is 0.705. The molecule has 1 aliphatic heterocycles. The Morgan fingerprint density at radius 2 is 1.34 bits per heavy atom. The predicted molar refractivity (Wildman–Crippen MR) is 149 cm³/mol. The summed E-state index contributed by atoms with van der Waals surface area (Å²) >= 11 is 1.30. The minimum absolute atomic E-state index is 0.00997. The predicted octanol–water partition coefficient (Wildman–Crippen LogP) is 6.75. The Kier molecular flexibility index (Phi) is 8.69.